The average molecular weight is 298 g/mol. The smallest absolute Gasteiger partial charge is 0.203 e. The summed E-state index contributed by atoms with van der Waals surface area (Å²) in [7, 11) is 0. The normalized spacial score (nSPS) is 24.2. The lowest BCUT2D eigenvalue weighted by molar-refractivity contribution is -0.0902. The summed E-state index contributed by atoms with van der Waals surface area (Å²) in [5.41, 5.74) is 0. The molecule has 0 bridgehead atoms. The van der Waals surface area contributed by atoms with Crippen molar-refractivity contribution in [1.82, 2.24) is 9.36 Å². The molecule has 1 aliphatic heterocycles. The molecule has 1 atom stereocenters. The Balaban J connectivity index is 2.08. The van der Waals surface area contributed by atoms with Crippen molar-refractivity contribution in [2.24, 2.45) is 0 Å². The van der Waals surface area contributed by atoms with E-state index in [0.29, 0.717) is 19.8 Å². The van der Waals surface area contributed by atoms with Gasteiger partial charge in [-0.05, 0) is 11.5 Å². The summed E-state index contributed by atoms with van der Waals surface area (Å²) in [6, 6.07) is 0. The maximum Gasteiger partial charge on any atom is 0.203 e. The first-order valence-corrected chi connectivity index (χ1v) is 5.40. The van der Waals surface area contributed by atoms with Crippen LogP contribution in [0, 0.1) is 3.83 Å². The molecule has 0 amide bonds. The second-order valence-electron chi connectivity index (χ2n) is 2.34. The fraction of sp³-hybridized carbons (Fsp3) is 0.667. The summed E-state index contributed by atoms with van der Waals surface area (Å²) in [6.07, 6.45) is -0.000217. The van der Waals surface area contributed by atoms with E-state index in [4.69, 9.17) is 9.47 Å². The molecule has 2 rings (SSSR count). The second-order valence-corrected chi connectivity index (χ2v) is 4.08. The maximum absolute atomic E-state index is 5.46. The number of rotatable bonds is 1. The Morgan fingerprint density at radius 1 is 1.50 bits per heavy atom. The van der Waals surface area contributed by atoms with Crippen LogP contribution in [0.2, 0.25) is 0 Å². The van der Waals surface area contributed by atoms with Crippen LogP contribution in [-0.4, -0.2) is 29.2 Å². The molecule has 0 radical (unpaired) electrons. The third kappa shape index (κ3) is 1.93. The van der Waals surface area contributed by atoms with Gasteiger partial charge in [0.25, 0.3) is 0 Å². The van der Waals surface area contributed by atoms with Crippen LogP contribution in [-0.2, 0) is 9.47 Å². The number of halogens is 1. The van der Waals surface area contributed by atoms with Crippen molar-refractivity contribution in [2.75, 3.05) is 19.8 Å². The van der Waals surface area contributed by atoms with Crippen molar-refractivity contribution < 1.29 is 9.47 Å². The van der Waals surface area contributed by atoms with Crippen molar-refractivity contribution in [1.29, 1.82) is 0 Å². The first-order chi connectivity index (χ1) is 5.86. The summed E-state index contributed by atoms with van der Waals surface area (Å²) < 4.78 is 15.6. The van der Waals surface area contributed by atoms with Crippen LogP contribution < -0.4 is 0 Å². The number of aromatic nitrogens is 2. The highest BCUT2D eigenvalue weighted by Crippen LogP contribution is 2.22. The molecule has 0 spiro atoms. The number of ether oxygens (including phenoxy) is 2. The van der Waals surface area contributed by atoms with Gasteiger partial charge in [0.15, 0.2) is 0 Å². The van der Waals surface area contributed by atoms with E-state index in [2.05, 4.69) is 31.9 Å². The summed E-state index contributed by atoms with van der Waals surface area (Å²) >= 11 is 3.47. The molecule has 66 valence electrons. The molecule has 0 aromatic carbocycles. The van der Waals surface area contributed by atoms with Gasteiger partial charge in [-0.15, -0.1) is 0 Å². The van der Waals surface area contributed by atoms with Gasteiger partial charge in [-0.25, -0.2) is 4.98 Å². The van der Waals surface area contributed by atoms with E-state index in [1.165, 1.54) is 11.5 Å². The summed E-state index contributed by atoms with van der Waals surface area (Å²) in [4.78, 5) is 4.22. The number of hydrogen-bond acceptors (Lipinski definition) is 5. The Labute approximate surface area is 87.6 Å². The van der Waals surface area contributed by atoms with Crippen LogP contribution in [0.3, 0.4) is 0 Å². The quantitative estimate of drug-likeness (QED) is 0.732. The molecule has 0 saturated carbocycles. The van der Waals surface area contributed by atoms with Gasteiger partial charge in [-0.2, -0.15) is 4.37 Å². The molecule has 1 fully saturated rings. The van der Waals surface area contributed by atoms with E-state index < -0.39 is 0 Å². The Kier molecular flexibility index (Phi) is 2.89. The van der Waals surface area contributed by atoms with Gasteiger partial charge >= 0.3 is 0 Å². The lowest BCUT2D eigenvalue weighted by Crippen LogP contribution is -2.21. The van der Waals surface area contributed by atoms with E-state index in [1.54, 1.807) is 0 Å². The third-order valence-corrected chi connectivity index (χ3v) is 3.12. The third-order valence-electron chi connectivity index (χ3n) is 1.51. The topological polar surface area (TPSA) is 44.2 Å². The van der Waals surface area contributed by atoms with Crippen LogP contribution in [0.5, 0.6) is 0 Å². The van der Waals surface area contributed by atoms with Crippen molar-refractivity contribution in [3.63, 3.8) is 0 Å². The molecule has 2 heterocycles. The highest BCUT2D eigenvalue weighted by Gasteiger charge is 2.20. The van der Waals surface area contributed by atoms with Crippen LogP contribution in [0.15, 0.2) is 0 Å². The minimum absolute atomic E-state index is 0.000217. The van der Waals surface area contributed by atoms with Gasteiger partial charge in [0.2, 0.25) is 3.83 Å². The standard InChI is InChI=1S/C6H7IN2O2S/c7-6-8-5(12-9-6)4-3-10-1-2-11-4/h4H,1-3H2. The summed E-state index contributed by atoms with van der Waals surface area (Å²) in [5.74, 6) is 0. The lowest BCUT2D eigenvalue weighted by atomic mass is 10.4. The van der Waals surface area contributed by atoms with Gasteiger partial charge in [0, 0.05) is 22.6 Å². The average Bonchev–Trinajstić information content (AvgIpc) is 2.54. The molecule has 1 saturated heterocycles. The highest BCUT2D eigenvalue weighted by atomic mass is 127. The maximum atomic E-state index is 5.46. The van der Waals surface area contributed by atoms with Gasteiger partial charge in [0.1, 0.15) is 11.1 Å². The van der Waals surface area contributed by atoms with Gasteiger partial charge in [-0.3, -0.25) is 0 Å². The summed E-state index contributed by atoms with van der Waals surface area (Å²) in [5, 5.41) is 0.916. The van der Waals surface area contributed by atoms with E-state index in [9.17, 15) is 0 Å². The first kappa shape index (κ1) is 8.79. The SMILES string of the molecule is Ic1nsc(C2COCCO2)n1. The van der Waals surface area contributed by atoms with Crippen molar-refractivity contribution in [3.05, 3.63) is 8.84 Å². The zero-order valence-corrected chi connectivity index (χ0v) is 9.17. The van der Waals surface area contributed by atoms with Crippen LogP contribution in [0.1, 0.15) is 11.1 Å². The largest absolute Gasteiger partial charge is 0.376 e. The molecule has 0 aliphatic carbocycles. The zero-order chi connectivity index (χ0) is 8.39. The fourth-order valence-electron chi connectivity index (χ4n) is 0.977. The molecule has 4 nitrogen and oxygen atoms in total. The van der Waals surface area contributed by atoms with Crippen molar-refractivity contribution in [2.45, 2.75) is 6.10 Å². The van der Waals surface area contributed by atoms with Gasteiger partial charge in [0.05, 0.1) is 19.8 Å². The summed E-state index contributed by atoms with van der Waals surface area (Å²) in [6.45, 7) is 1.94. The molecule has 1 aromatic heterocycles. The second kappa shape index (κ2) is 3.95. The Bertz CT molecular complexity index is 262. The van der Waals surface area contributed by atoms with Crippen molar-refractivity contribution in [3.8, 4) is 0 Å². The molecule has 0 N–H and O–H groups in total. The molecule has 12 heavy (non-hydrogen) atoms. The molecule has 1 aromatic rings. The first-order valence-electron chi connectivity index (χ1n) is 3.55. The Hall–Kier alpha value is 0.210. The molecule has 1 aliphatic rings. The van der Waals surface area contributed by atoms with Crippen LogP contribution in [0.25, 0.3) is 0 Å². The molecule has 1 unspecified atom stereocenters. The van der Waals surface area contributed by atoms with E-state index >= 15 is 0 Å². The van der Waals surface area contributed by atoms with E-state index in [1.807, 2.05) is 0 Å². The molecule has 6 heteroatoms. The number of nitrogens with zero attached hydrogens (tertiary/aromatic N) is 2. The van der Waals surface area contributed by atoms with E-state index in [-0.39, 0.29) is 6.10 Å². The predicted molar refractivity (Wildman–Crippen MR) is 52.1 cm³/mol. The molecular weight excluding hydrogens is 291 g/mol. The highest BCUT2D eigenvalue weighted by molar-refractivity contribution is 14.1. The van der Waals surface area contributed by atoms with Gasteiger partial charge in [-0.1, -0.05) is 0 Å². The lowest BCUT2D eigenvalue weighted by Gasteiger charge is -2.20. The predicted octanol–water partition coefficient (Wildman–Crippen LogP) is 1.23. The van der Waals surface area contributed by atoms with Gasteiger partial charge < -0.3 is 9.47 Å². The monoisotopic (exact) mass is 298 g/mol. The Morgan fingerprint density at radius 2 is 2.42 bits per heavy atom. The van der Waals surface area contributed by atoms with Crippen LogP contribution >= 0.6 is 34.1 Å². The number of hydrogen-bond donors (Lipinski definition) is 0. The molecular formula is C6H7IN2O2S. The minimum atomic E-state index is -0.000217. The Morgan fingerprint density at radius 3 is 3.00 bits per heavy atom. The zero-order valence-electron chi connectivity index (χ0n) is 6.20. The minimum Gasteiger partial charge on any atom is -0.376 e. The van der Waals surface area contributed by atoms with Crippen molar-refractivity contribution >= 4 is 34.1 Å². The van der Waals surface area contributed by atoms with Crippen LogP contribution in [0.4, 0.5) is 0 Å². The fourth-order valence-corrected chi connectivity index (χ4v) is 2.29. The van der Waals surface area contributed by atoms with E-state index in [0.717, 1.165) is 8.84 Å².